The molecule has 134 valence electrons. The Labute approximate surface area is 169 Å². The van der Waals surface area contributed by atoms with Crippen LogP contribution < -0.4 is 10.6 Å². The summed E-state index contributed by atoms with van der Waals surface area (Å²) >= 11 is 23.4. The number of benzene rings is 2. The van der Waals surface area contributed by atoms with Crippen LogP contribution in [0.2, 0.25) is 15.1 Å². The summed E-state index contributed by atoms with van der Waals surface area (Å²) in [6.45, 7) is 0.247. The molecule has 4 nitrogen and oxygen atoms in total. The van der Waals surface area contributed by atoms with E-state index in [0.29, 0.717) is 32.1 Å². The number of aromatic nitrogens is 2. The van der Waals surface area contributed by atoms with E-state index in [1.54, 1.807) is 42.6 Å². The minimum atomic E-state index is -0.303. The third-order valence-electron chi connectivity index (χ3n) is 3.42. The zero-order valence-electron chi connectivity index (χ0n) is 13.1. The molecule has 0 radical (unpaired) electrons. The molecule has 0 saturated heterocycles. The van der Waals surface area contributed by atoms with Crippen molar-refractivity contribution in [3.8, 4) is 0 Å². The number of hydrogen-bond donors (Lipinski definition) is 2. The summed E-state index contributed by atoms with van der Waals surface area (Å²) in [5, 5.41) is 11.7. The molecule has 0 aliphatic heterocycles. The largest absolute Gasteiger partial charge is 0.331 e. The van der Waals surface area contributed by atoms with Crippen molar-refractivity contribution in [2.75, 3.05) is 10.6 Å². The van der Waals surface area contributed by atoms with Gasteiger partial charge in [-0.2, -0.15) is 5.10 Å². The molecule has 0 saturated carbocycles. The monoisotopic (exact) mass is 428 g/mol. The van der Waals surface area contributed by atoms with Gasteiger partial charge in [0.15, 0.2) is 10.9 Å². The Balaban J connectivity index is 1.69. The molecule has 26 heavy (non-hydrogen) atoms. The first-order valence-corrected chi connectivity index (χ1v) is 8.96. The van der Waals surface area contributed by atoms with Crippen LogP contribution in [0.4, 0.5) is 15.9 Å². The third-order valence-corrected chi connectivity index (χ3v) is 4.45. The van der Waals surface area contributed by atoms with Gasteiger partial charge in [0.2, 0.25) is 0 Å². The minimum Gasteiger partial charge on any atom is -0.331 e. The van der Waals surface area contributed by atoms with Gasteiger partial charge in [-0.1, -0.05) is 53.0 Å². The second kappa shape index (κ2) is 8.22. The SMILES string of the molecule is Fc1ccccc1Cn1cc(Cl)c(NC(=S)Nc2ccc(Cl)cc2Cl)n1. The fourth-order valence-corrected chi connectivity index (χ4v) is 3.08. The Morgan fingerprint density at radius 2 is 1.85 bits per heavy atom. The first-order valence-electron chi connectivity index (χ1n) is 7.42. The minimum absolute atomic E-state index is 0.247. The van der Waals surface area contributed by atoms with Gasteiger partial charge in [-0.05, 0) is 36.5 Å². The molecule has 0 aliphatic rings. The number of nitrogens with one attached hydrogen (secondary N) is 2. The fraction of sp³-hybridized carbons (Fsp3) is 0.0588. The summed E-state index contributed by atoms with van der Waals surface area (Å²) in [4.78, 5) is 0. The van der Waals surface area contributed by atoms with Crippen molar-refractivity contribution in [1.29, 1.82) is 0 Å². The summed E-state index contributed by atoms with van der Waals surface area (Å²) in [5.41, 5.74) is 1.10. The summed E-state index contributed by atoms with van der Waals surface area (Å²) < 4.78 is 15.3. The van der Waals surface area contributed by atoms with Crippen LogP contribution in [-0.4, -0.2) is 14.9 Å². The van der Waals surface area contributed by atoms with Crippen molar-refractivity contribution in [1.82, 2.24) is 9.78 Å². The van der Waals surface area contributed by atoms with Crippen molar-refractivity contribution < 1.29 is 4.39 Å². The Morgan fingerprint density at radius 3 is 2.58 bits per heavy atom. The maximum Gasteiger partial charge on any atom is 0.176 e. The highest BCUT2D eigenvalue weighted by Crippen LogP contribution is 2.26. The Bertz CT molecular complexity index is 961. The van der Waals surface area contributed by atoms with Gasteiger partial charge < -0.3 is 10.6 Å². The van der Waals surface area contributed by atoms with Crippen LogP contribution in [0, 0.1) is 5.82 Å². The van der Waals surface area contributed by atoms with Gasteiger partial charge in [0.25, 0.3) is 0 Å². The number of nitrogens with zero attached hydrogens (tertiary/aromatic N) is 2. The molecule has 0 unspecified atom stereocenters. The van der Waals surface area contributed by atoms with E-state index < -0.39 is 0 Å². The summed E-state index contributed by atoms with van der Waals surface area (Å²) in [6, 6.07) is 11.5. The Morgan fingerprint density at radius 1 is 1.08 bits per heavy atom. The summed E-state index contributed by atoms with van der Waals surface area (Å²) in [5.74, 6) is 0.0498. The van der Waals surface area contributed by atoms with Crippen LogP contribution in [0.3, 0.4) is 0 Å². The van der Waals surface area contributed by atoms with E-state index in [0.717, 1.165) is 0 Å². The molecule has 3 aromatic rings. The highest BCUT2D eigenvalue weighted by Gasteiger charge is 2.11. The molecule has 1 aromatic heterocycles. The van der Waals surface area contributed by atoms with Crippen LogP contribution in [0.15, 0.2) is 48.7 Å². The van der Waals surface area contributed by atoms with Gasteiger partial charge in [-0.15, -0.1) is 0 Å². The number of hydrogen-bond acceptors (Lipinski definition) is 2. The van der Waals surface area contributed by atoms with E-state index in [2.05, 4.69) is 15.7 Å². The van der Waals surface area contributed by atoms with Gasteiger partial charge in [0.1, 0.15) is 10.8 Å². The van der Waals surface area contributed by atoms with Crippen LogP contribution in [0.5, 0.6) is 0 Å². The van der Waals surface area contributed by atoms with Crippen molar-refractivity contribution in [2.45, 2.75) is 6.54 Å². The Kier molecular flexibility index (Phi) is 5.98. The number of anilines is 2. The highest BCUT2D eigenvalue weighted by atomic mass is 35.5. The molecule has 2 N–H and O–H groups in total. The molecular weight excluding hydrogens is 418 g/mol. The van der Waals surface area contributed by atoms with Crippen molar-refractivity contribution >= 4 is 63.6 Å². The molecule has 0 spiro atoms. The van der Waals surface area contributed by atoms with Gasteiger partial charge in [0.05, 0.1) is 17.3 Å². The average molecular weight is 430 g/mol. The number of thiocarbonyl (C=S) groups is 1. The lowest BCUT2D eigenvalue weighted by Gasteiger charge is -2.10. The van der Waals surface area contributed by atoms with Gasteiger partial charge in [-0.3, -0.25) is 4.68 Å². The first kappa shape index (κ1) is 18.9. The van der Waals surface area contributed by atoms with Crippen molar-refractivity contribution in [3.05, 3.63) is 75.1 Å². The van der Waals surface area contributed by atoms with Gasteiger partial charge in [0, 0.05) is 16.8 Å². The fourth-order valence-electron chi connectivity index (χ4n) is 2.22. The molecule has 2 aromatic carbocycles. The lowest BCUT2D eigenvalue weighted by atomic mass is 10.2. The van der Waals surface area contributed by atoms with E-state index in [4.69, 9.17) is 47.0 Å². The van der Waals surface area contributed by atoms with Gasteiger partial charge >= 0.3 is 0 Å². The smallest absolute Gasteiger partial charge is 0.176 e. The summed E-state index contributed by atoms with van der Waals surface area (Å²) in [7, 11) is 0. The molecule has 1 heterocycles. The lowest BCUT2D eigenvalue weighted by Crippen LogP contribution is -2.20. The molecule has 0 amide bonds. The van der Waals surface area contributed by atoms with E-state index >= 15 is 0 Å². The number of rotatable bonds is 4. The highest BCUT2D eigenvalue weighted by molar-refractivity contribution is 7.80. The van der Waals surface area contributed by atoms with Crippen LogP contribution in [0.1, 0.15) is 5.56 Å². The summed E-state index contributed by atoms with van der Waals surface area (Å²) in [6.07, 6.45) is 1.59. The molecule has 0 fully saturated rings. The van der Waals surface area contributed by atoms with E-state index in [1.165, 1.54) is 10.7 Å². The zero-order valence-corrected chi connectivity index (χ0v) is 16.2. The second-order valence-corrected chi connectivity index (χ2v) is 6.98. The standard InChI is InChI=1S/C17H12Cl3FN4S/c18-11-5-6-15(12(19)7-11)22-17(26)23-16-13(20)9-25(24-16)8-10-3-1-2-4-14(10)21/h1-7,9H,8H2,(H2,22,23,24,26). The first-order chi connectivity index (χ1) is 12.4. The molecule has 0 aliphatic carbocycles. The van der Waals surface area contributed by atoms with E-state index in [-0.39, 0.29) is 17.5 Å². The predicted octanol–water partition coefficient (Wildman–Crippen LogP) is 5.84. The molecule has 0 bridgehead atoms. The van der Waals surface area contributed by atoms with Gasteiger partial charge in [-0.25, -0.2) is 4.39 Å². The number of halogens is 4. The van der Waals surface area contributed by atoms with E-state index in [9.17, 15) is 4.39 Å². The van der Waals surface area contributed by atoms with Crippen molar-refractivity contribution in [2.24, 2.45) is 0 Å². The molecule has 9 heteroatoms. The van der Waals surface area contributed by atoms with E-state index in [1.807, 2.05) is 0 Å². The Hall–Kier alpha value is -1.86. The topological polar surface area (TPSA) is 41.9 Å². The normalized spacial score (nSPS) is 10.6. The van der Waals surface area contributed by atoms with Crippen LogP contribution >= 0.6 is 47.0 Å². The quantitative estimate of drug-likeness (QED) is 0.511. The zero-order chi connectivity index (χ0) is 18.7. The maximum absolute atomic E-state index is 13.8. The maximum atomic E-state index is 13.8. The van der Waals surface area contributed by atoms with Crippen LogP contribution in [0.25, 0.3) is 0 Å². The van der Waals surface area contributed by atoms with Crippen LogP contribution in [-0.2, 0) is 6.54 Å². The lowest BCUT2D eigenvalue weighted by molar-refractivity contribution is 0.586. The second-order valence-electron chi connectivity index (χ2n) is 5.32. The molecule has 0 atom stereocenters. The molecule has 3 rings (SSSR count). The predicted molar refractivity (Wildman–Crippen MR) is 109 cm³/mol. The average Bonchev–Trinajstić information content (AvgIpc) is 2.92. The van der Waals surface area contributed by atoms with Crippen molar-refractivity contribution in [3.63, 3.8) is 0 Å². The third kappa shape index (κ3) is 4.65. The molecular formula is C17H12Cl3FN4S.